The van der Waals surface area contributed by atoms with Gasteiger partial charge in [0.05, 0.1) is 17.1 Å². The molecule has 2 atom stereocenters. The van der Waals surface area contributed by atoms with Crippen molar-refractivity contribution in [1.82, 2.24) is 14.9 Å². The van der Waals surface area contributed by atoms with E-state index in [9.17, 15) is 4.39 Å². The number of rotatable bonds is 2. The Morgan fingerprint density at radius 1 is 1.42 bits per heavy atom. The van der Waals surface area contributed by atoms with Gasteiger partial charge in [0.1, 0.15) is 11.6 Å². The molecule has 2 unspecified atom stereocenters. The van der Waals surface area contributed by atoms with Crippen molar-refractivity contribution in [3.63, 3.8) is 0 Å². The van der Waals surface area contributed by atoms with E-state index in [1.54, 1.807) is 12.1 Å². The van der Waals surface area contributed by atoms with Crippen molar-refractivity contribution >= 4 is 11.0 Å². The summed E-state index contributed by atoms with van der Waals surface area (Å²) in [6, 6.07) is 5.39. The SMILES string of the molecule is CC1CCNC1c1nc2ccc(F)cc2n1C(C)C. The predicted octanol–water partition coefficient (Wildman–Crippen LogP) is 3.43. The van der Waals surface area contributed by atoms with Crippen LogP contribution in [0, 0.1) is 11.7 Å². The Labute approximate surface area is 112 Å². The molecule has 2 heterocycles. The molecule has 1 aliphatic heterocycles. The summed E-state index contributed by atoms with van der Waals surface area (Å²) in [5.74, 6) is 1.41. The maximum atomic E-state index is 13.5. The van der Waals surface area contributed by atoms with E-state index in [-0.39, 0.29) is 17.9 Å². The molecule has 0 amide bonds. The molecule has 1 aromatic carbocycles. The van der Waals surface area contributed by atoms with Gasteiger partial charge in [0.2, 0.25) is 0 Å². The first-order chi connectivity index (χ1) is 9.08. The Kier molecular flexibility index (Phi) is 3.05. The number of nitrogens with one attached hydrogen (secondary N) is 1. The number of hydrogen-bond donors (Lipinski definition) is 1. The van der Waals surface area contributed by atoms with Crippen LogP contribution in [0.4, 0.5) is 4.39 Å². The molecule has 2 aromatic rings. The van der Waals surface area contributed by atoms with Gasteiger partial charge in [-0.05, 0) is 50.9 Å². The molecule has 4 heteroatoms. The van der Waals surface area contributed by atoms with Crippen LogP contribution in [0.3, 0.4) is 0 Å². The lowest BCUT2D eigenvalue weighted by molar-refractivity contribution is 0.444. The summed E-state index contributed by atoms with van der Waals surface area (Å²) in [6.07, 6.45) is 1.17. The first kappa shape index (κ1) is 12.6. The quantitative estimate of drug-likeness (QED) is 0.897. The lowest BCUT2D eigenvalue weighted by Crippen LogP contribution is -2.22. The van der Waals surface area contributed by atoms with Crippen molar-refractivity contribution in [2.75, 3.05) is 6.54 Å². The van der Waals surface area contributed by atoms with Crippen molar-refractivity contribution in [3.05, 3.63) is 29.8 Å². The highest BCUT2D eigenvalue weighted by atomic mass is 19.1. The van der Waals surface area contributed by atoms with E-state index in [0.29, 0.717) is 5.92 Å². The minimum Gasteiger partial charge on any atom is -0.324 e. The summed E-state index contributed by atoms with van der Waals surface area (Å²) in [7, 11) is 0. The second-order valence-corrected chi connectivity index (χ2v) is 5.76. The minimum absolute atomic E-state index is 0.201. The second-order valence-electron chi connectivity index (χ2n) is 5.76. The van der Waals surface area contributed by atoms with Gasteiger partial charge >= 0.3 is 0 Å². The third kappa shape index (κ3) is 2.04. The van der Waals surface area contributed by atoms with Crippen molar-refractivity contribution in [1.29, 1.82) is 0 Å². The van der Waals surface area contributed by atoms with Crippen LogP contribution in [0.15, 0.2) is 18.2 Å². The number of halogens is 1. The van der Waals surface area contributed by atoms with E-state index in [2.05, 4.69) is 30.7 Å². The van der Waals surface area contributed by atoms with Gasteiger partial charge in [-0.15, -0.1) is 0 Å². The van der Waals surface area contributed by atoms with Crippen LogP contribution in [0.5, 0.6) is 0 Å². The van der Waals surface area contributed by atoms with E-state index < -0.39 is 0 Å². The van der Waals surface area contributed by atoms with Crippen LogP contribution in [-0.4, -0.2) is 16.1 Å². The normalized spacial score (nSPS) is 23.6. The van der Waals surface area contributed by atoms with Gasteiger partial charge in [-0.25, -0.2) is 9.37 Å². The van der Waals surface area contributed by atoms with Crippen molar-refractivity contribution < 1.29 is 4.39 Å². The average molecular weight is 261 g/mol. The average Bonchev–Trinajstić information content (AvgIpc) is 2.91. The van der Waals surface area contributed by atoms with Crippen molar-refractivity contribution in [2.24, 2.45) is 5.92 Å². The van der Waals surface area contributed by atoms with E-state index in [1.807, 2.05) is 0 Å². The molecule has 0 radical (unpaired) electrons. The maximum absolute atomic E-state index is 13.5. The molecular weight excluding hydrogens is 241 g/mol. The fourth-order valence-corrected chi connectivity index (χ4v) is 3.03. The molecule has 3 rings (SSSR count). The molecule has 1 aliphatic rings. The van der Waals surface area contributed by atoms with Gasteiger partial charge in [0, 0.05) is 6.04 Å². The number of hydrogen-bond acceptors (Lipinski definition) is 2. The fourth-order valence-electron chi connectivity index (χ4n) is 3.03. The van der Waals surface area contributed by atoms with E-state index in [1.165, 1.54) is 12.5 Å². The zero-order chi connectivity index (χ0) is 13.6. The number of benzene rings is 1. The first-order valence-electron chi connectivity index (χ1n) is 6.98. The lowest BCUT2D eigenvalue weighted by Gasteiger charge is -2.20. The van der Waals surface area contributed by atoms with Crippen molar-refractivity contribution in [2.45, 2.75) is 39.3 Å². The Morgan fingerprint density at radius 3 is 2.84 bits per heavy atom. The molecule has 0 bridgehead atoms. The molecule has 1 N–H and O–H groups in total. The van der Waals surface area contributed by atoms with Gasteiger partial charge in [0.25, 0.3) is 0 Å². The molecule has 3 nitrogen and oxygen atoms in total. The molecule has 1 saturated heterocycles. The van der Waals surface area contributed by atoms with Gasteiger partial charge < -0.3 is 9.88 Å². The Balaban J connectivity index is 2.20. The first-order valence-corrected chi connectivity index (χ1v) is 6.98. The second kappa shape index (κ2) is 4.60. The van der Waals surface area contributed by atoms with Crippen LogP contribution in [0.2, 0.25) is 0 Å². The third-order valence-corrected chi connectivity index (χ3v) is 4.01. The molecule has 0 saturated carbocycles. The topological polar surface area (TPSA) is 29.9 Å². The van der Waals surface area contributed by atoms with Crippen molar-refractivity contribution in [3.8, 4) is 0 Å². The van der Waals surface area contributed by atoms with Crippen LogP contribution < -0.4 is 5.32 Å². The number of nitrogens with zero attached hydrogens (tertiary/aromatic N) is 2. The van der Waals surface area contributed by atoms with Gasteiger partial charge in [0.15, 0.2) is 0 Å². The Bertz CT molecular complexity index is 603. The molecule has 1 fully saturated rings. The molecule has 0 aliphatic carbocycles. The Morgan fingerprint density at radius 2 is 2.21 bits per heavy atom. The van der Waals surface area contributed by atoms with E-state index in [0.717, 1.165) is 23.4 Å². The molecule has 102 valence electrons. The molecular formula is C15H20FN3. The van der Waals surface area contributed by atoms with E-state index >= 15 is 0 Å². The summed E-state index contributed by atoms with van der Waals surface area (Å²) in [5, 5.41) is 3.52. The zero-order valence-electron chi connectivity index (χ0n) is 11.7. The van der Waals surface area contributed by atoms with Crippen LogP contribution in [0.1, 0.15) is 45.1 Å². The monoisotopic (exact) mass is 261 g/mol. The van der Waals surface area contributed by atoms with Crippen LogP contribution >= 0.6 is 0 Å². The number of aromatic nitrogens is 2. The number of fused-ring (bicyclic) bond motifs is 1. The van der Waals surface area contributed by atoms with Gasteiger partial charge in [-0.1, -0.05) is 6.92 Å². The summed E-state index contributed by atoms with van der Waals surface area (Å²) in [6.45, 7) is 7.51. The minimum atomic E-state index is -0.201. The van der Waals surface area contributed by atoms with Crippen LogP contribution in [0.25, 0.3) is 11.0 Å². The van der Waals surface area contributed by atoms with Gasteiger partial charge in [-0.2, -0.15) is 0 Å². The predicted molar refractivity (Wildman–Crippen MR) is 74.6 cm³/mol. The summed E-state index contributed by atoms with van der Waals surface area (Å²) >= 11 is 0. The fraction of sp³-hybridized carbons (Fsp3) is 0.533. The summed E-state index contributed by atoms with van der Waals surface area (Å²) in [4.78, 5) is 4.74. The Hall–Kier alpha value is -1.42. The maximum Gasteiger partial charge on any atom is 0.127 e. The van der Waals surface area contributed by atoms with E-state index in [4.69, 9.17) is 4.98 Å². The summed E-state index contributed by atoms with van der Waals surface area (Å²) < 4.78 is 15.7. The molecule has 1 aromatic heterocycles. The molecule has 0 spiro atoms. The largest absolute Gasteiger partial charge is 0.324 e. The smallest absolute Gasteiger partial charge is 0.127 e. The standard InChI is InChI=1S/C15H20FN3/c1-9(2)19-13-8-11(16)4-5-12(13)18-15(19)14-10(3)6-7-17-14/h4-5,8-10,14,17H,6-7H2,1-3H3. The highest BCUT2D eigenvalue weighted by molar-refractivity contribution is 5.76. The van der Waals surface area contributed by atoms with Gasteiger partial charge in [-0.3, -0.25) is 0 Å². The lowest BCUT2D eigenvalue weighted by atomic mass is 10.0. The highest BCUT2D eigenvalue weighted by Crippen LogP contribution is 2.32. The highest BCUT2D eigenvalue weighted by Gasteiger charge is 2.29. The third-order valence-electron chi connectivity index (χ3n) is 4.01. The zero-order valence-corrected chi connectivity index (χ0v) is 11.7. The molecule has 19 heavy (non-hydrogen) atoms. The number of imidazole rings is 1. The summed E-state index contributed by atoms with van der Waals surface area (Å²) in [5.41, 5.74) is 1.77. The van der Waals surface area contributed by atoms with Crippen LogP contribution in [-0.2, 0) is 0 Å².